The van der Waals surface area contributed by atoms with E-state index < -0.39 is 0 Å². The highest BCUT2D eigenvalue weighted by molar-refractivity contribution is 5.89. The summed E-state index contributed by atoms with van der Waals surface area (Å²) in [6.07, 6.45) is 3.09. The van der Waals surface area contributed by atoms with Gasteiger partial charge in [-0.3, -0.25) is 4.68 Å². The standard InChI is InChI=1S/C20H26N6/c1-13-5-7-16(8-6-13)22-18-17-10-21-25(4)19(17)24-20(23-18)26-11-14(2)9-15(3)12-26/h5-8,10,14-15H,9,11-12H2,1-4H3,(H,22,23,24)/t14-,15-/m1/s1. The van der Waals surface area contributed by atoms with Crippen LogP contribution in [0.15, 0.2) is 30.5 Å². The lowest BCUT2D eigenvalue weighted by Crippen LogP contribution is -2.39. The Bertz CT molecular complexity index is 904. The number of rotatable bonds is 3. The average molecular weight is 350 g/mol. The van der Waals surface area contributed by atoms with Crippen molar-refractivity contribution in [3.05, 3.63) is 36.0 Å². The highest BCUT2D eigenvalue weighted by Gasteiger charge is 2.25. The summed E-state index contributed by atoms with van der Waals surface area (Å²) >= 11 is 0. The molecule has 0 spiro atoms. The molecule has 1 N–H and O–H groups in total. The van der Waals surface area contributed by atoms with Crippen LogP contribution < -0.4 is 10.2 Å². The number of nitrogens with zero attached hydrogens (tertiary/aromatic N) is 5. The Balaban J connectivity index is 1.75. The van der Waals surface area contributed by atoms with Crippen LogP contribution in [-0.2, 0) is 7.05 Å². The predicted octanol–water partition coefficient (Wildman–Crippen LogP) is 3.90. The summed E-state index contributed by atoms with van der Waals surface area (Å²) in [5, 5.41) is 8.78. The van der Waals surface area contributed by atoms with E-state index in [1.54, 1.807) is 0 Å². The summed E-state index contributed by atoms with van der Waals surface area (Å²) in [5.74, 6) is 2.90. The van der Waals surface area contributed by atoms with Gasteiger partial charge in [0, 0.05) is 25.8 Å². The van der Waals surface area contributed by atoms with Crippen LogP contribution in [0, 0.1) is 18.8 Å². The van der Waals surface area contributed by atoms with Crippen LogP contribution in [0.2, 0.25) is 0 Å². The SMILES string of the molecule is Cc1ccc(Nc2nc(N3C[C@H](C)C[C@@H](C)C3)nc3c2cnn3C)cc1. The monoisotopic (exact) mass is 350 g/mol. The lowest BCUT2D eigenvalue weighted by Gasteiger charge is -2.35. The number of nitrogens with one attached hydrogen (secondary N) is 1. The van der Waals surface area contributed by atoms with E-state index in [0.29, 0.717) is 11.8 Å². The molecular formula is C20H26N6. The molecule has 2 atom stereocenters. The summed E-state index contributed by atoms with van der Waals surface area (Å²) in [6.45, 7) is 8.69. The molecule has 0 saturated carbocycles. The maximum absolute atomic E-state index is 4.87. The number of aryl methyl sites for hydroxylation is 2. The third-order valence-electron chi connectivity index (χ3n) is 5.05. The first-order valence-corrected chi connectivity index (χ1v) is 9.28. The number of piperidine rings is 1. The van der Waals surface area contributed by atoms with Gasteiger partial charge in [0.25, 0.3) is 0 Å². The van der Waals surface area contributed by atoms with Crippen molar-refractivity contribution in [3.63, 3.8) is 0 Å². The molecule has 6 heteroatoms. The summed E-state index contributed by atoms with van der Waals surface area (Å²) in [5.41, 5.74) is 3.11. The minimum absolute atomic E-state index is 0.651. The summed E-state index contributed by atoms with van der Waals surface area (Å²) < 4.78 is 1.82. The molecule has 3 heterocycles. The molecule has 1 fully saturated rings. The molecular weight excluding hydrogens is 324 g/mol. The van der Waals surface area contributed by atoms with E-state index >= 15 is 0 Å². The van der Waals surface area contributed by atoms with Crippen molar-refractivity contribution in [2.24, 2.45) is 18.9 Å². The van der Waals surface area contributed by atoms with Crippen LogP contribution in [0.25, 0.3) is 11.0 Å². The second-order valence-corrected chi connectivity index (χ2v) is 7.72. The molecule has 4 rings (SSSR count). The number of fused-ring (bicyclic) bond motifs is 1. The molecule has 2 aromatic heterocycles. The zero-order chi connectivity index (χ0) is 18.3. The Morgan fingerprint density at radius 3 is 2.42 bits per heavy atom. The first kappa shape index (κ1) is 16.8. The fourth-order valence-electron chi connectivity index (χ4n) is 3.85. The van der Waals surface area contributed by atoms with Crippen molar-refractivity contribution >= 4 is 28.5 Å². The summed E-state index contributed by atoms with van der Waals surface area (Å²) in [6, 6.07) is 8.34. The van der Waals surface area contributed by atoms with Crippen LogP contribution >= 0.6 is 0 Å². The number of hydrogen-bond acceptors (Lipinski definition) is 5. The lowest BCUT2D eigenvalue weighted by atomic mass is 9.92. The van der Waals surface area contributed by atoms with Crippen molar-refractivity contribution < 1.29 is 0 Å². The Morgan fingerprint density at radius 1 is 1.04 bits per heavy atom. The van der Waals surface area contributed by atoms with Crippen LogP contribution in [-0.4, -0.2) is 32.8 Å². The van der Waals surface area contributed by atoms with Crippen molar-refractivity contribution in [2.45, 2.75) is 27.2 Å². The first-order valence-electron chi connectivity index (χ1n) is 9.28. The van der Waals surface area contributed by atoms with Crippen molar-refractivity contribution in [1.82, 2.24) is 19.7 Å². The second-order valence-electron chi connectivity index (χ2n) is 7.72. The fraction of sp³-hybridized carbons (Fsp3) is 0.450. The molecule has 136 valence electrons. The van der Waals surface area contributed by atoms with Gasteiger partial charge in [0.05, 0.1) is 11.6 Å². The Morgan fingerprint density at radius 2 is 1.73 bits per heavy atom. The van der Waals surface area contributed by atoms with Crippen molar-refractivity contribution in [3.8, 4) is 0 Å². The Kier molecular flexibility index (Phi) is 4.26. The van der Waals surface area contributed by atoms with Gasteiger partial charge in [-0.15, -0.1) is 0 Å². The van der Waals surface area contributed by atoms with Crippen LogP contribution in [0.4, 0.5) is 17.5 Å². The van der Waals surface area contributed by atoms with Gasteiger partial charge in [-0.1, -0.05) is 31.5 Å². The van der Waals surface area contributed by atoms with Gasteiger partial charge < -0.3 is 10.2 Å². The average Bonchev–Trinajstić information content (AvgIpc) is 2.97. The smallest absolute Gasteiger partial charge is 0.229 e. The summed E-state index contributed by atoms with van der Waals surface area (Å²) in [7, 11) is 1.93. The van der Waals surface area contributed by atoms with E-state index in [0.717, 1.165) is 41.6 Å². The first-order chi connectivity index (χ1) is 12.5. The topological polar surface area (TPSA) is 58.9 Å². The lowest BCUT2D eigenvalue weighted by molar-refractivity contribution is 0.354. The molecule has 0 bridgehead atoms. The van der Waals surface area contributed by atoms with E-state index in [9.17, 15) is 0 Å². The quantitative estimate of drug-likeness (QED) is 0.776. The zero-order valence-corrected chi connectivity index (χ0v) is 15.9. The molecule has 0 amide bonds. The van der Waals surface area contributed by atoms with E-state index in [-0.39, 0.29) is 0 Å². The van der Waals surface area contributed by atoms with E-state index in [2.05, 4.69) is 60.4 Å². The minimum atomic E-state index is 0.651. The summed E-state index contributed by atoms with van der Waals surface area (Å²) in [4.78, 5) is 12.0. The van der Waals surface area contributed by atoms with E-state index in [1.807, 2.05) is 17.9 Å². The molecule has 1 aliphatic heterocycles. The molecule has 0 aliphatic carbocycles. The van der Waals surface area contributed by atoms with Gasteiger partial charge in [-0.05, 0) is 37.3 Å². The molecule has 1 aliphatic rings. The Labute approximate surface area is 154 Å². The van der Waals surface area contributed by atoms with Crippen molar-refractivity contribution in [1.29, 1.82) is 0 Å². The third kappa shape index (κ3) is 3.23. The minimum Gasteiger partial charge on any atom is -0.340 e. The molecule has 0 unspecified atom stereocenters. The van der Waals surface area contributed by atoms with E-state index in [1.165, 1.54) is 12.0 Å². The third-order valence-corrected chi connectivity index (χ3v) is 5.05. The Hall–Kier alpha value is -2.63. The van der Waals surface area contributed by atoms with Crippen molar-refractivity contribution in [2.75, 3.05) is 23.3 Å². The maximum Gasteiger partial charge on any atom is 0.229 e. The number of hydrogen-bond donors (Lipinski definition) is 1. The van der Waals surface area contributed by atoms with Crippen LogP contribution in [0.1, 0.15) is 25.8 Å². The molecule has 0 radical (unpaired) electrons. The maximum atomic E-state index is 4.87. The predicted molar refractivity (Wildman–Crippen MR) is 106 cm³/mol. The van der Waals surface area contributed by atoms with Gasteiger partial charge in [-0.2, -0.15) is 15.1 Å². The molecule has 1 aromatic carbocycles. The van der Waals surface area contributed by atoms with E-state index in [4.69, 9.17) is 9.97 Å². The number of benzene rings is 1. The molecule has 6 nitrogen and oxygen atoms in total. The molecule has 1 saturated heterocycles. The fourth-order valence-corrected chi connectivity index (χ4v) is 3.85. The van der Waals surface area contributed by atoms with Crippen LogP contribution in [0.5, 0.6) is 0 Å². The second kappa shape index (κ2) is 6.59. The normalized spacial score (nSPS) is 20.5. The zero-order valence-electron chi connectivity index (χ0n) is 15.9. The van der Waals surface area contributed by atoms with Gasteiger partial charge >= 0.3 is 0 Å². The van der Waals surface area contributed by atoms with Crippen LogP contribution in [0.3, 0.4) is 0 Å². The number of aromatic nitrogens is 4. The van der Waals surface area contributed by atoms with Gasteiger partial charge in [0.2, 0.25) is 5.95 Å². The highest BCUT2D eigenvalue weighted by atomic mass is 15.3. The molecule has 26 heavy (non-hydrogen) atoms. The van der Waals surface area contributed by atoms with Gasteiger partial charge in [0.1, 0.15) is 5.82 Å². The highest BCUT2D eigenvalue weighted by Crippen LogP contribution is 2.29. The number of anilines is 3. The van der Waals surface area contributed by atoms with Gasteiger partial charge in [-0.25, -0.2) is 0 Å². The molecule has 3 aromatic rings. The van der Waals surface area contributed by atoms with Gasteiger partial charge in [0.15, 0.2) is 5.65 Å². The largest absolute Gasteiger partial charge is 0.340 e.